The molecule has 32 heavy (non-hydrogen) atoms. The van der Waals surface area contributed by atoms with Gasteiger partial charge >= 0.3 is 0 Å². The molecular weight excluding hydrogens is 398 g/mol. The smallest absolute Gasteiger partial charge is 0.253 e. The van der Waals surface area contributed by atoms with Gasteiger partial charge in [-0.2, -0.15) is 9.89 Å². The van der Waals surface area contributed by atoms with Gasteiger partial charge in [-0.05, 0) is 55.8 Å². The normalized spacial score (nSPS) is 11.1. The lowest BCUT2D eigenvalue weighted by Crippen LogP contribution is -2.30. The summed E-state index contributed by atoms with van der Waals surface area (Å²) in [6, 6.07) is 19.4. The number of anilines is 1. The number of carbonyl (C=O) groups is 1. The first-order valence-corrected chi connectivity index (χ1v) is 10.4. The van der Waals surface area contributed by atoms with Crippen LogP contribution in [0.25, 0.3) is 17.0 Å². The summed E-state index contributed by atoms with van der Waals surface area (Å²) in [5.74, 6) is -0.174. The summed E-state index contributed by atoms with van der Waals surface area (Å²) in [6.07, 6.45) is 7.38. The second-order valence-electron chi connectivity index (χ2n) is 7.67. The van der Waals surface area contributed by atoms with Crippen molar-refractivity contribution in [2.24, 2.45) is 0 Å². The van der Waals surface area contributed by atoms with Crippen molar-refractivity contribution in [2.75, 3.05) is 11.6 Å². The minimum Gasteiger partial charge on any atom is -0.348 e. The molecule has 1 amide bonds. The fourth-order valence-electron chi connectivity index (χ4n) is 3.36. The van der Waals surface area contributed by atoms with E-state index in [9.17, 15) is 4.79 Å². The van der Waals surface area contributed by atoms with Crippen LogP contribution in [-0.4, -0.2) is 27.3 Å². The van der Waals surface area contributed by atoms with E-state index in [0.717, 1.165) is 27.7 Å². The summed E-state index contributed by atoms with van der Waals surface area (Å²) in [5, 5.41) is 10.4. The maximum absolute atomic E-state index is 13.0. The van der Waals surface area contributed by atoms with Crippen LogP contribution < -0.4 is 10.3 Å². The molecule has 0 aliphatic carbocycles. The van der Waals surface area contributed by atoms with Crippen molar-refractivity contribution in [3.63, 3.8) is 0 Å². The molecule has 2 aromatic heterocycles. The predicted octanol–water partition coefficient (Wildman–Crippen LogP) is 4.99. The van der Waals surface area contributed by atoms with E-state index in [0.29, 0.717) is 17.8 Å². The third kappa shape index (κ3) is 4.59. The quantitative estimate of drug-likeness (QED) is 0.426. The van der Waals surface area contributed by atoms with E-state index >= 15 is 0 Å². The van der Waals surface area contributed by atoms with E-state index in [-0.39, 0.29) is 5.91 Å². The van der Waals surface area contributed by atoms with Crippen LogP contribution in [-0.2, 0) is 0 Å². The number of pyridine rings is 1. The van der Waals surface area contributed by atoms with Gasteiger partial charge in [0.2, 0.25) is 0 Å². The summed E-state index contributed by atoms with van der Waals surface area (Å²) in [4.78, 5) is 19.2. The Hall–Kier alpha value is -4.19. The first kappa shape index (κ1) is 21.1. The Morgan fingerprint density at radius 2 is 1.94 bits per heavy atom. The number of benzene rings is 2. The van der Waals surface area contributed by atoms with E-state index in [1.807, 2.05) is 91.9 Å². The van der Waals surface area contributed by atoms with Crippen molar-refractivity contribution in [3.05, 3.63) is 108 Å². The second kappa shape index (κ2) is 9.31. The molecule has 2 aromatic carbocycles. The van der Waals surface area contributed by atoms with Gasteiger partial charge in [0.25, 0.3) is 5.91 Å². The number of carbonyl (C=O) groups excluding carboxylic acids is 1. The summed E-state index contributed by atoms with van der Waals surface area (Å²) >= 11 is 0. The summed E-state index contributed by atoms with van der Waals surface area (Å²) in [5.41, 5.74) is 4.98. The Balaban J connectivity index is 1.82. The molecule has 0 bridgehead atoms. The topological polar surface area (TPSA) is 63.1 Å². The Labute approximate surface area is 187 Å². The maximum atomic E-state index is 13.0. The highest BCUT2D eigenvalue weighted by atomic mass is 16.1. The molecule has 0 spiro atoms. The zero-order chi connectivity index (χ0) is 22.5. The van der Waals surface area contributed by atoms with E-state index in [2.05, 4.69) is 22.0 Å². The number of amides is 1. The Morgan fingerprint density at radius 1 is 1.16 bits per heavy atom. The monoisotopic (exact) mass is 423 g/mol. The van der Waals surface area contributed by atoms with Gasteiger partial charge in [0.15, 0.2) is 0 Å². The van der Waals surface area contributed by atoms with Gasteiger partial charge in [0.05, 0.1) is 28.7 Å². The zero-order valence-electron chi connectivity index (χ0n) is 18.2. The number of aryl methyl sites for hydroxylation is 1. The lowest BCUT2D eigenvalue weighted by molar-refractivity contribution is 0.0957. The van der Waals surface area contributed by atoms with E-state index in [1.54, 1.807) is 17.1 Å². The second-order valence-corrected chi connectivity index (χ2v) is 7.67. The fourth-order valence-corrected chi connectivity index (χ4v) is 3.36. The average molecular weight is 424 g/mol. The Kier molecular flexibility index (Phi) is 6.12. The van der Waals surface area contributed by atoms with Crippen LogP contribution in [0.2, 0.25) is 0 Å². The highest BCUT2D eigenvalue weighted by molar-refractivity contribution is 6.00. The lowest BCUT2D eigenvalue weighted by Gasteiger charge is -2.24. The largest absolute Gasteiger partial charge is 0.348 e. The molecule has 0 saturated carbocycles. The van der Waals surface area contributed by atoms with Gasteiger partial charge in [-0.15, -0.1) is 0 Å². The van der Waals surface area contributed by atoms with Gasteiger partial charge in [0, 0.05) is 24.3 Å². The molecule has 0 aliphatic heterocycles. The van der Waals surface area contributed by atoms with Crippen molar-refractivity contribution >= 4 is 28.6 Å². The maximum Gasteiger partial charge on any atom is 0.253 e. The van der Waals surface area contributed by atoms with Crippen LogP contribution in [0.4, 0.5) is 5.69 Å². The average Bonchev–Trinajstić information content (AvgIpc) is 3.22. The third-order valence-electron chi connectivity index (χ3n) is 4.93. The van der Waals surface area contributed by atoms with Gasteiger partial charge in [-0.1, -0.05) is 42.5 Å². The van der Waals surface area contributed by atoms with E-state index in [1.165, 1.54) is 0 Å². The van der Waals surface area contributed by atoms with Crippen molar-refractivity contribution in [1.29, 1.82) is 0 Å². The van der Waals surface area contributed by atoms with Crippen LogP contribution in [0.5, 0.6) is 0 Å². The number of hydrogen-bond donors (Lipinski definition) is 1. The Morgan fingerprint density at radius 3 is 2.75 bits per heavy atom. The number of hydrogen-bond acceptors (Lipinski definition) is 4. The first-order chi connectivity index (χ1) is 15.5. The highest BCUT2D eigenvalue weighted by Crippen LogP contribution is 2.25. The van der Waals surface area contributed by atoms with Crippen molar-refractivity contribution < 1.29 is 4.79 Å². The lowest BCUT2D eigenvalue weighted by atomic mass is 10.1. The van der Waals surface area contributed by atoms with E-state index < -0.39 is 0 Å². The molecule has 4 aromatic rings. The van der Waals surface area contributed by atoms with Crippen LogP contribution in [0.1, 0.15) is 28.5 Å². The molecular formula is C26H25N5O. The molecule has 0 unspecified atom stereocenters. The molecule has 6 heteroatoms. The molecule has 0 fully saturated rings. The summed E-state index contributed by atoms with van der Waals surface area (Å²) in [6.45, 7) is 8.19. The van der Waals surface area contributed by atoms with Crippen molar-refractivity contribution in [1.82, 2.24) is 20.2 Å². The molecule has 0 atom stereocenters. The molecule has 160 valence electrons. The molecule has 1 N–H and O–H groups in total. The van der Waals surface area contributed by atoms with Gasteiger partial charge in [0.1, 0.15) is 0 Å². The van der Waals surface area contributed by atoms with E-state index in [4.69, 9.17) is 0 Å². The number of fused-ring (bicyclic) bond motifs is 1. The molecule has 2 heterocycles. The van der Waals surface area contributed by atoms with Crippen LogP contribution in [0.3, 0.4) is 0 Å². The Bertz CT molecular complexity index is 1300. The van der Waals surface area contributed by atoms with Gasteiger partial charge in [-0.3, -0.25) is 9.78 Å². The standard InChI is InChI=1S/C26H25N5O/c1-19(2)17-28-26(32)23-9-5-7-11-25(23)30(15-13-22-16-20(3)12-14-27-22)31-24-10-6-4-8-21(24)18-29-31/h4-16,18H,1,17H2,2-3H3,(H,28,32)/b15-13+. The number of rotatable bonds is 7. The number of para-hydroxylation sites is 2. The van der Waals surface area contributed by atoms with Gasteiger partial charge in [-0.25, -0.2) is 5.01 Å². The van der Waals surface area contributed by atoms with Crippen LogP contribution in [0, 0.1) is 6.92 Å². The number of nitrogens with one attached hydrogen (secondary N) is 1. The van der Waals surface area contributed by atoms with Crippen molar-refractivity contribution in [3.8, 4) is 0 Å². The first-order valence-electron chi connectivity index (χ1n) is 10.4. The predicted molar refractivity (Wildman–Crippen MR) is 129 cm³/mol. The van der Waals surface area contributed by atoms with Crippen molar-refractivity contribution in [2.45, 2.75) is 13.8 Å². The number of aromatic nitrogens is 3. The van der Waals surface area contributed by atoms with Crippen LogP contribution in [0.15, 0.2) is 91.4 Å². The zero-order valence-corrected chi connectivity index (χ0v) is 18.2. The third-order valence-corrected chi connectivity index (χ3v) is 4.93. The fraction of sp³-hybridized carbons (Fsp3) is 0.115. The summed E-state index contributed by atoms with van der Waals surface area (Å²) < 4.78 is 0. The summed E-state index contributed by atoms with van der Waals surface area (Å²) in [7, 11) is 0. The minimum atomic E-state index is -0.174. The van der Waals surface area contributed by atoms with Crippen LogP contribution >= 0.6 is 0 Å². The molecule has 6 nitrogen and oxygen atoms in total. The molecule has 4 rings (SSSR count). The number of nitrogens with zero attached hydrogens (tertiary/aromatic N) is 4. The molecule has 0 aliphatic rings. The highest BCUT2D eigenvalue weighted by Gasteiger charge is 2.18. The van der Waals surface area contributed by atoms with Gasteiger partial charge < -0.3 is 5.32 Å². The molecule has 0 saturated heterocycles. The minimum absolute atomic E-state index is 0.174. The SMILES string of the molecule is C=C(C)CNC(=O)c1ccccc1N(/C=C/c1cc(C)ccn1)n1ncc2ccccc21. The molecule has 0 radical (unpaired) electrons.